The highest BCUT2D eigenvalue weighted by molar-refractivity contribution is 7.80. The van der Waals surface area contributed by atoms with Gasteiger partial charge in [0, 0.05) is 35.3 Å². The van der Waals surface area contributed by atoms with E-state index in [1.54, 1.807) is 20.3 Å². The summed E-state index contributed by atoms with van der Waals surface area (Å²) < 4.78 is 10.7. The molecule has 166 valence electrons. The smallest absolute Gasteiger partial charge is 0.229 e. The van der Waals surface area contributed by atoms with Crippen LogP contribution in [0.5, 0.6) is 11.5 Å². The number of hydrogen-bond acceptors (Lipinski definition) is 6. The molecule has 8 nitrogen and oxygen atoms in total. The van der Waals surface area contributed by atoms with Gasteiger partial charge >= 0.3 is 0 Å². The van der Waals surface area contributed by atoms with Crippen molar-refractivity contribution in [1.82, 2.24) is 15.3 Å². The van der Waals surface area contributed by atoms with Crippen molar-refractivity contribution in [2.75, 3.05) is 24.9 Å². The fraction of sp³-hybridized carbons (Fsp3) is 0.455. The number of ether oxygens (including phenoxy) is 2. The third-order valence-corrected chi connectivity index (χ3v) is 5.14. The molecule has 1 fully saturated rings. The Balaban J connectivity index is 1.77. The molecule has 0 bridgehead atoms. The van der Waals surface area contributed by atoms with Crippen LogP contribution in [0.3, 0.4) is 0 Å². The van der Waals surface area contributed by atoms with Crippen LogP contribution in [0.2, 0.25) is 0 Å². The minimum Gasteiger partial charge on any atom is -0.497 e. The van der Waals surface area contributed by atoms with Gasteiger partial charge < -0.3 is 20.1 Å². The molecule has 1 aromatic heterocycles. The van der Waals surface area contributed by atoms with Crippen molar-refractivity contribution in [2.24, 2.45) is 4.99 Å². The molecule has 2 aromatic rings. The summed E-state index contributed by atoms with van der Waals surface area (Å²) in [7, 11) is 3.22. The van der Waals surface area contributed by atoms with Gasteiger partial charge in [0.15, 0.2) is 5.11 Å². The number of nitrogens with zero attached hydrogens (tertiary/aromatic N) is 3. The molecule has 0 amide bonds. The van der Waals surface area contributed by atoms with Crippen LogP contribution in [-0.4, -0.2) is 41.3 Å². The first-order valence-corrected chi connectivity index (χ1v) is 10.8. The summed E-state index contributed by atoms with van der Waals surface area (Å²) in [6.45, 7) is 3.88. The molecule has 3 N–H and O–H groups in total. The van der Waals surface area contributed by atoms with Crippen molar-refractivity contribution in [3.63, 3.8) is 0 Å². The monoisotopic (exact) mass is 442 g/mol. The van der Waals surface area contributed by atoms with Crippen molar-refractivity contribution < 1.29 is 9.47 Å². The van der Waals surface area contributed by atoms with Crippen LogP contribution in [0, 0.1) is 13.8 Å². The fourth-order valence-corrected chi connectivity index (χ4v) is 3.74. The van der Waals surface area contributed by atoms with Crippen LogP contribution in [0.1, 0.15) is 43.5 Å². The first-order chi connectivity index (χ1) is 14.9. The van der Waals surface area contributed by atoms with Gasteiger partial charge in [-0.2, -0.15) is 0 Å². The molecule has 1 aromatic carbocycles. The van der Waals surface area contributed by atoms with Crippen molar-refractivity contribution >= 4 is 34.9 Å². The summed E-state index contributed by atoms with van der Waals surface area (Å²) >= 11 is 5.54. The summed E-state index contributed by atoms with van der Waals surface area (Å²) in [6, 6.07) is 7.66. The molecule has 1 heterocycles. The predicted octanol–water partition coefficient (Wildman–Crippen LogP) is 4.20. The standard InChI is InChI=1S/C22H30N6O2S/c1-14-10-15(2)24-20(23-14)27-21(25-16-8-6-5-7-9-16)28-22(31)26-17-11-18(29-3)13-19(12-17)30-4/h10-13,16H,5-9H2,1-4H3,(H3,23,24,25,26,27,28,31). The molecular formula is C22H30N6O2S. The molecule has 0 atom stereocenters. The quantitative estimate of drug-likeness (QED) is 0.360. The van der Waals surface area contributed by atoms with Crippen LogP contribution in [0.15, 0.2) is 29.3 Å². The van der Waals surface area contributed by atoms with Gasteiger partial charge in [0.1, 0.15) is 11.5 Å². The highest BCUT2D eigenvalue weighted by Crippen LogP contribution is 2.25. The number of rotatable bonds is 5. The van der Waals surface area contributed by atoms with E-state index < -0.39 is 0 Å². The summed E-state index contributed by atoms with van der Waals surface area (Å²) in [5.41, 5.74) is 2.51. The number of aromatic nitrogens is 2. The molecule has 0 spiro atoms. The highest BCUT2D eigenvalue weighted by atomic mass is 32.1. The van der Waals surface area contributed by atoms with E-state index in [2.05, 4.69) is 25.9 Å². The molecule has 0 radical (unpaired) electrons. The number of aliphatic imine (C=N–C) groups is 1. The van der Waals surface area contributed by atoms with Crippen LogP contribution in [0.4, 0.5) is 11.6 Å². The average molecular weight is 443 g/mol. The van der Waals surface area contributed by atoms with Crippen LogP contribution < -0.4 is 25.4 Å². The number of aryl methyl sites for hydroxylation is 2. The van der Waals surface area contributed by atoms with Gasteiger partial charge in [-0.05, 0) is 45.0 Å². The van der Waals surface area contributed by atoms with Crippen LogP contribution >= 0.6 is 12.2 Å². The normalized spacial score (nSPS) is 14.6. The third-order valence-electron chi connectivity index (χ3n) is 4.94. The van der Waals surface area contributed by atoms with Crippen molar-refractivity contribution in [3.8, 4) is 11.5 Å². The van der Waals surface area contributed by atoms with E-state index >= 15 is 0 Å². The molecule has 1 aliphatic rings. The molecule has 0 unspecified atom stereocenters. The maximum absolute atomic E-state index is 5.54. The van der Waals surface area contributed by atoms with E-state index in [0.29, 0.717) is 28.5 Å². The Morgan fingerprint density at radius 3 is 2.13 bits per heavy atom. The van der Waals surface area contributed by atoms with Gasteiger partial charge in [0.05, 0.1) is 20.3 Å². The molecule has 1 aliphatic carbocycles. The van der Waals surface area contributed by atoms with Gasteiger partial charge in [-0.25, -0.2) is 15.0 Å². The minimum absolute atomic E-state index is 0.245. The van der Waals surface area contributed by atoms with Crippen LogP contribution in [-0.2, 0) is 0 Å². The predicted molar refractivity (Wildman–Crippen MR) is 128 cm³/mol. The number of thiocarbonyl (C=S) groups is 1. The Morgan fingerprint density at radius 1 is 0.935 bits per heavy atom. The SMILES string of the molecule is COc1cc(NC(=S)NC(=NC2CCCCC2)Nc2nc(C)cc(C)n2)cc(OC)c1. The Hall–Kier alpha value is -2.94. The summed E-state index contributed by atoms with van der Waals surface area (Å²) in [5, 5.41) is 9.94. The number of anilines is 2. The van der Waals surface area contributed by atoms with Gasteiger partial charge in [-0.15, -0.1) is 0 Å². The topological polar surface area (TPSA) is 92.7 Å². The van der Waals surface area contributed by atoms with Gasteiger partial charge in [-0.1, -0.05) is 19.3 Å². The molecule has 31 heavy (non-hydrogen) atoms. The number of nitrogens with one attached hydrogen (secondary N) is 3. The van der Waals surface area contributed by atoms with Crippen molar-refractivity contribution in [1.29, 1.82) is 0 Å². The Labute approximate surface area is 188 Å². The highest BCUT2D eigenvalue weighted by Gasteiger charge is 2.15. The van der Waals surface area contributed by atoms with Crippen molar-refractivity contribution in [2.45, 2.75) is 52.0 Å². The summed E-state index contributed by atoms with van der Waals surface area (Å²) in [4.78, 5) is 13.8. The maximum Gasteiger partial charge on any atom is 0.229 e. The molecule has 0 saturated heterocycles. The number of methoxy groups -OCH3 is 2. The zero-order valence-electron chi connectivity index (χ0n) is 18.5. The lowest BCUT2D eigenvalue weighted by Gasteiger charge is -2.21. The minimum atomic E-state index is 0.245. The van der Waals surface area contributed by atoms with Gasteiger partial charge in [0.2, 0.25) is 11.9 Å². The lowest BCUT2D eigenvalue weighted by molar-refractivity contribution is 0.395. The Kier molecular flexibility index (Phi) is 8.00. The van der Waals surface area contributed by atoms with Gasteiger partial charge in [-0.3, -0.25) is 5.32 Å². The summed E-state index contributed by atoms with van der Waals surface area (Å²) in [5.74, 6) is 2.36. The first-order valence-electron chi connectivity index (χ1n) is 10.4. The first kappa shape index (κ1) is 22.7. The molecule has 0 aliphatic heterocycles. The Bertz CT molecular complexity index is 901. The lowest BCUT2D eigenvalue weighted by atomic mass is 9.96. The van der Waals surface area contributed by atoms with E-state index in [9.17, 15) is 0 Å². The lowest BCUT2D eigenvalue weighted by Crippen LogP contribution is -2.40. The molecular weight excluding hydrogens is 412 g/mol. The molecule has 1 saturated carbocycles. The van der Waals surface area contributed by atoms with E-state index in [1.165, 1.54) is 19.3 Å². The van der Waals surface area contributed by atoms with E-state index in [0.717, 1.165) is 29.9 Å². The largest absolute Gasteiger partial charge is 0.497 e. The summed E-state index contributed by atoms with van der Waals surface area (Å²) in [6.07, 6.45) is 5.77. The fourth-order valence-electron chi connectivity index (χ4n) is 3.53. The second-order valence-corrected chi connectivity index (χ2v) is 7.96. The van der Waals surface area contributed by atoms with Crippen molar-refractivity contribution in [3.05, 3.63) is 35.7 Å². The van der Waals surface area contributed by atoms with Gasteiger partial charge in [0.25, 0.3) is 0 Å². The number of guanidine groups is 1. The molecule has 9 heteroatoms. The van der Waals surface area contributed by atoms with E-state index in [1.807, 2.05) is 32.0 Å². The zero-order valence-corrected chi connectivity index (χ0v) is 19.3. The number of hydrogen-bond donors (Lipinski definition) is 3. The molecule has 3 rings (SSSR count). The van der Waals surface area contributed by atoms with Crippen LogP contribution in [0.25, 0.3) is 0 Å². The average Bonchev–Trinajstić information content (AvgIpc) is 2.73. The second-order valence-electron chi connectivity index (χ2n) is 7.55. The maximum atomic E-state index is 5.54. The third kappa shape index (κ3) is 7.06. The van der Waals surface area contributed by atoms with E-state index in [4.69, 9.17) is 26.7 Å². The second kappa shape index (κ2) is 10.9. The Morgan fingerprint density at radius 2 is 1.55 bits per heavy atom. The van der Waals surface area contributed by atoms with E-state index in [-0.39, 0.29) is 6.04 Å². The number of benzene rings is 1. The zero-order chi connectivity index (χ0) is 22.2.